The summed E-state index contributed by atoms with van der Waals surface area (Å²) in [5.74, 6) is 0. The van der Waals surface area contributed by atoms with Gasteiger partial charge >= 0.3 is 6.03 Å². The average molecular weight is 307 g/mol. The first-order valence-corrected chi connectivity index (χ1v) is 7.50. The molecule has 5 nitrogen and oxygen atoms in total. The first kappa shape index (κ1) is 15.1. The van der Waals surface area contributed by atoms with Gasteiger partial charge in [-0.2, -0.15) is 5.26 Å². The zero-order valence-electron chi connectivity index (χ0n) is 12.5. The first-order valence-electron chi connectivity index (χ1n) is 7.50. The Labute approximate surface area is 134 Å². The summed E-state index contributed by atoms with van der Waals surface area (Å²) in [4.78, 5) is 12.2. The summed E-state index contributed by atoms with van der Waals surface area (Å²) >= 11 is 0. The molecule has 0 saturated carbocycles. The van der Waals surface area contributed by atoms with Gasteiger partial charge in [-0.15, -0.1) is 0 Å². The molecule has 1 saturated heterocycles. The molecule has 0 radical (unpaired) electrons. The summed E-state index contributed by atoms with van der Waals surface area (Å²) < 4.78 is 5.75. The number of hydrogen-bond acceptors (Lipinski definition) is 3. The second-order valence-electron chi connectivity index (χ2n) is 5.39. The second kappa shape index (κ2) is 6.95. The number of amides is 2. The molecule has 116 valence electrons. The van der Waals surface area contributed by atoms with Gasteiger partial charge < -0.3 is 15.4 Å². The molecule has 1 heterocycles. The predicted octanol–water partition coefficient (Wildman–Crippen LogP) is 3.21. The molecule has 0 spiro atoms. The number of carbonyl (C=O) groups excluding carboxylic acids is 1. The van der Waals surface area contributed by atoms with Gasteiger partial charge in [-0.3, -0.25) is 0 Å². The van der Waals surface area contributed by atoms with Crippen LogP contribution >= 0.6 is 0 Å². The van der Waals surface area contributed by atoms with Crippen LogP contribution in [0.15, 0.2) is 54.6 Å². The molecule has 0 bridgehead atoms. The van der Waals surface area contributed by atoms with E-state index in [0.717, 1.165) is 12.0 Å². The van der Waals surface area contributed by atoms with Crippen molar-refractivity contribution < 1.29 is 9.53 Å². The Balaban J connectivity index is 1.64. The molecular weight excluding hydrogens is 290 g/mol. The number of nitrogens with zero attached hydrogens (tertiary/aromatic N) is 1. The van der Waals surface area contributed by atoms with Crippen molar-refractivity contribution in [2.75, 3.05) is 11.9 Å². The molecule has 0 aromatic heterocycles. The molecule has 2 aromatic carbocycles. The van der Waals surface area contributed by atoms with Crippen molar-refractivity contribution in [2.45, 2.75) is 18.6 Å². The molecule has 2 N–H and O–H groups in total. The van der Waals surface area contributed by atoms with Gasteiger partial charge in [0.25, 0.3) is 0 Å². The summed E-state index contributed by atoms with van der Waals surface area (Å²) in [6, 6.07) is 18.4. The molecular formula is C18H17N3O2. The zero-order valence-corrected chi connectivity index (χ0v) is 12.5. The Morgan fingerprint density at radius 1 is 1.17 bits per heavy atom. The summed E-state index contributed by atoms with van der Waals surface area (Å²) in [6.45, 7) is 0.619. The number of nitrogens with one attached hydrogen (secondary N) is 2. The van der Waals surface area contributed by atoms with Crippen molar-refractivity contribution in [3.8, 4) is 6.07 Å². The van der Waals surface area contributed by atoms with Crippen molar-refractivity contribution in [3.05, 3.63) is 65.7 Å². The van der Waals surface area contributed by atoms with E-state index < -0.39 is 0 Å². The fourth-order valence-corrected chi connectivity index (χ4v) is 2.71. The van der Waals surface area contributed by atoms with Crippen molar-refractivity contribution in [1.29, 1.82) is 5.26 Å². The van der Waals surface area contributed by atoms with Crippen LogP contribution in [0.4, 0.5) is 10.5 Å². The highest BCUT2D eigenvalue weighted by atomic mass is 16.5. The van der Waals surface area contributed by atoms with E-state index in [1.807, 2.05) is 30.3 Å². The van der Waals surface area contributed by atoms with E-state index in [2.05, 4.69) is 16.7 Å². The topological polar surface area (TPSA) is 74.2 Å². The highest BCUT2D eigenvalue weighted by Gasteiger charge is 2.30. The SMILES string of the molecule is N#Cc1cccc(NC(=O)N[C@H]2CCO[C@@H]2c2ccccc2)c1. The van der Waals surface area contributed by atoms with E-state index in [-0.39, 0.29) is 18.2 Å². The Morgan fingerprint density at radius 2 is 2.00 bits per heavy atom. The summed E-state index contributed by atoms with van der Waals surface area (Å²) in [5.41, 5.74) is 2.16. The Morgan fingerprint density at radius 3 is 2.78 bits per heavy atom. The van der Waals surface area contributed by atoms with Crippen LogP contribution in [-0.4, -0.2) is 18.7 Å². The van der Waals surface area contributed by atoms with E-state index in [4.69, 9.17) is 10.00 Å². The van der Waals surface area contributed by atoms with Gasteiger partial charge in [0.05, 0.1) is 17.7 Å². The monoisotopic (exact) mass is 307 g/mol. The minimum atomic E-state index is -0.295. The molecule has 2 atom stereocenters. The summed E-state index contributed by atoms with van der Waals surface area (Å²) in [5, 5.41) is 14.6. The number of urea groups is 1. The van der Waals surface area contributed by atoms with Gasteiger partial charge in [-0.05, 0) is 30.2 Å². The smallest absolute Gasteiger partial charge is 0.319 e. The number of nitriles is 1. The third-order valence-corrected chi connectivity index (χ3v) is 3.79. The zero-order chi connectivity index (χ0) is 16.1. The molecule has 5 heteroatoms. The molecule has 1 fully saturated rings. The highest BCUT2D eigenvalue weighted by molar-refractivity contribution is 5.89. The molecule has 3 rings (SSSR count). The third kappa shape index (κ3) is 3.68. The van der Waals surface area contributed by atoms with E-state index in [1.165, 1.54) is 0 Å². The second-order valence-corrected chi connectivity index (χ2v) is 5.39. The van der Waals surface area contributed by atoms with Crippen molar-refractivity contribution in [1.82, 2.24) is 5.32 Å². The number of benzene rings is 2. The Hall–Kier alpha value is -2.84. The van der Waals surface area contributed by atoms with Crippen molar-refractivity contribution in [3.63, 3.8) is 0 Å². The van der Waals surface area contributed by atoms with E-state index in [9.17, 15) is 4.79 Å². The van der Waals surface area contributed by atoms with Crippen LogP contribution in [0.1, 0.15) is 23.7 Å². The average Bonchev–Trinajstić information content (AvgIpc) is 3.03. The highest BCUT2D eigenvalue weighted by Crippen LogP contribution is 2.29. The van der Waals surface area contributed by atoms with Gasteiger partial charge in [0.1, 0.15) is 6.10 Å². The molecule has 1 aliphatic heterocycles. The molecule has 0 aliphatic carbocycles. The van der Waals surface area contributed by atoms with Gasteiger partial charge in [-0.25, -0.2) is 4.79 Å². The van der Waals surface area contributed by atoms with Crippen molar-refractivity contribution in [2.24, 2.45) is 0 Å². The van der Waals surface area contributed by atoms with Gasteiger partial charge in [0.2, 0.25) is 0 Å². The Kier molecular flexibility index (Phi) is 4.55. The van der Waals surface area contributed by atoms with Crippen LogP contribution in [0, 0.1) is 11.3 Å². The Bertz CT molecular complexity index is 725. The lowest BCUT2D eigenvalue weighted by Crippen LogP contribution is -2.39. The van der Waals surface area contributed by atoms with E-state index >= 15 is 0 Å². The molecule has 23 heavy (non-hydrogen) atoms. The summed E-state index contributed by atoms with van der Waals surface area (Å²) in [6.07, 6.45) is 0.637. The molecule has 1 aliphatic rings. The molecule has 0 unspecified atom stereocenters. The number of hydrogen-bond donors (Lipinski definition) is 2. The van der Waals surface area contributed by atoms with Crippen LogP contribution in [0.5, 0.6) is 0 Å². The van der Waals surface area contributed by atoms with Gasteiger partial charge in [-0.1, -0.05) is 36.4 Å². The van der Waals surface area contributed by atoms with Crippen LogP contribution in [-0.2, 0) is 4.74 Å². The fourth-order valence-electron chi connectivity index (χ4n) is 2.71. The lowest BCUT2D eigenvalue weighted by Gasteiger charge is -2.20. The van der Waals surface area contributed by atoms with E-state index in [1.54, 1.807) is 24.3 Å². The fraction of sp³-hybridized carbons (Fsp3) is 0.222. The maximum atomic E-state index is 12.2. The largest absolute Gasteiger partial charge is 0.371 e. The maximum absolute atomic E-state index is 12.2. The van der Waals surface area contributed by atoms with Crippen molar-refractivity contribution >= 4 is 11.7 Å². The van der Waals surface area contributed by atoms with Gasteiger partial charge in [0.15, 0.2) is 0 Å². The standard InChI is InChI=1S/C18H17N3O2/c19-12-13-5-4-8-15(11-13)20-18(22)21-16-9-10-23-17(16)14-6-2-1-3-7-14/h1-8,11,16-17H,9-10H2,(H2,20,21,22)/t16-,17+/m0/s1. The first-order chi connectivity index (χ1) is 11.3. The van der Waals surface area contributed by atoms with Crippen LogP contribution < -0.4 is 10.6 Å². The molecule has 2 amide bonds. The number of anilines is 1. The van der Waals surface area contributed by atoms with Crippen LogP contribution in [0.2, 0.25) is 0 Å². The van der Waals surface area contributed by atoms with E-state index in [0.29, 0.717) is 17.9 Å². The molecule has 2 aromatic rings. The summed E-state index contributed by atoms with van der Waals surface area (Å²) in [7, 11) is 0. The number of rotatable bonds is 3. The normalized spacial score (nSPS) is 19.8. The third-order valence-electron chi connectivity index (χ3n) is 3.79. The number of carbonyl (C=O) groups is 1. The van der Waals surface area contributed by atoms with Crippen LogP contribution in [0.3, 0.4) is 0 Å². The maximum Gasteiger partial charge on any atom is 0.319 e. The minimum Gasteiger partial charge on any atom is -0.371 e. The van der Waals surface area contributed by atoms with Gasteiger partial charge in [0, 0.05) is 12.3 Å². The lowest BCUT2D eigenvalue weighted by atomic mass is 10.0. The predicted molar refractivity (Wildman–Crippen MR) is 86.9 cm³/mol. The lowest BCUT2D eigenvalue weighted by molar-refractivity contribution is 0.100. The quantitative estimate of drug-likeness (QED) is 0.914. The number of ether oxygens (including phenoxy) is 1. The van der Waals surface area contributed by atoms with Crippen LogP contribution in [0.25, 0.3) is 0 Å². The minimum absolute atomic E-state index is 0.0726.